The van der Waals surface area contributed by atoms with Gasteiger partial charge in [0.2, 0.25) is 63.4 Å². The molecule has 7 aliphatic heterocycles. The van der Waals surface area contributed by atoms with E-state index in [-0.39, 0.29) is 65.1 Å². The number of hydrogen-bond acceptors (Lipinski definition) is 28. The van der Waals surface area contributed by atoms with E-state index in [1.165, 1.54) is 33.0 Å². The molecule has 5 aromatic rings. The standard InChI is InChI=1S/C78H102Cl2N12O25S/c1-7-8-9-10-11-12-13-22-118(110,111)86-21-20-85-33-42-48(94)29-41-56(64(42)98)40-24-36(14-17-47(40)93)57-72(104)92-61(75(107)90-59(41)76(108)109)63(97)38-16-19-50(44(80)26-38)114-52-28-39-27-51(67(52)117-77-68(66(100)65(99)53(32-81)115-77)116-55-31-78(5,83)69(101)35(4)112-55)113-49-18-15-37(25-43(49)79)62(96)60(91-70(102)45(84-6)23-34(2)3)74(106)87-46(30-54(82)95)71(103)88-58(39)73(105)89-57/h14-19,24-29,34-35,45-46,53,55,57-63,65-66,68-69,77,84-86,93-94,96-101H,7-13,20-23,30-33,81,83H2,1-6H3,(H2,82,95)(H,87,106)(H,88,103)(H,89,105)(H,90,107)(H,91,102)(H,92,104)(H,108,109)/t35-,45+,46-,53+,55-,57+,58+,59-,60+,61-,62+,63+,65+,66-,68+,69+,77-,78-/m0/s1. The number of aliphatic carboxylic acids is 1. The number of rotatable bonds is 27. The number of ether oxygens (including phenoxy) is 6. The molecule has 37 nitrogen and oxygen atoms in total. The second-order valence-corrected chi connectivity index (χ2v) is 33.3. The van der Waals surface area contributed by atoms with E-state index in [0.29, 0.717) is 12.8 Å². The van der Waals surface area contributed by atoms with Crippen LogP contribution in [0.25, 0.3) is 11.1 Å². The van der Waals surface area contributed by atoms with Gasteiger partial charge >= 0.3 is 5.97 Å². The van der Waals surface area contributed by atoms with Crippen LogP contribution < -0.4 is 78.7 Å². The lowest BCUT2D eigenvalue weighted by Gasteiger charge is -2.47. The van der Waals surface area contributed by atoms with Gasteiger partial charge in [-0.05, 0) is 117 Å². The Labute approximate surface area is 689 Å². The molecule has 40 heteroatoms. The number of hydrogen-bond donors (Lipinski definition) is 21. The van der Waals surface area contributed by atoms with Crippen molar-refractivity contribution >= 4 is 80.5 Å². The summed E-state index contributed by atoms with van der Waals surface area (Å²) in [5.74, 6) is -16.5. The molecule has 644 valence electrons. The Hall–Kier alpha value is -9.33. The van der Waals surface area contributed by atoms with Gasteiger partial charge in [-0.1, -0.05) is 101 Å². The third kappa shape index (κ3) is 21.4. The van der Waals surface area contributed by atoms with E-state index in [1.807, 2.05) is 13.8 Å². The number of aliphatic hydroxyl groups excluding tert-OH is 5. The molecule has 2 fully saturated rings. The lowest BCUT2D eigenvalue weighted by molar-refractivity contribution is -0.330. The van der Waals surface area contributed by atoms with E-state index in [0.717, 1.165) is 92.8 Å². The first-order valence-corrected chi connectivity index (χ1v) is 41.0. The van der Waals surface area contributed by atoms with Crippen LogP contribution in [0.1, 0.15) is 163 Å². The number of phenolic OH excluding ortho intramolecular Hbond substituents is 3. The SMILES string of the molecule is CCCCCCCCCS(=O)(=O)NCCNCc1c(O)cc2c(c1O)-c1cc(ccc1O)[C@H]1NC(=O)[C@@H]3NC(=O)[C@H](CC(N)=O)NC(=O)[C@H](NC(=O)[C@@H](CC(C)C)NC)[C@H](O)c4ccc(c(Cl)c4)Oc4cc3cc(c4O[C@@H]3O[C@H](CN)[C@@H](O)[C@H](O)[C@H]3O[C@H]3C[C@](C)(N)[C@H](O)[C@H](C)O3)Oc3ccc(cc3Cl)[C@@H](O)[C@H](NC1=O)C(=O)N[C@@H]2C(=O)O. The number of primary amides is 1. The van der Waals surface area contributed by atoms with E-state index in [2.05, 4.69) is 54.2 Å². The number of nitrogens with two attached hydrogens (primary N) is 3. The van der Waals surface area contributed by atoms with Gasteiger partial charge in [-0.25, -0.2) is 17.9 Å². The molecule has 0 radical (unpaired) electrons. The van der Waals surface area contributed by atoms with Crippen molar-refractivity contribution in [1.29, 1.82) is 0 Å². The number of halogens is 2. The summed E-state index contributed by atoms with van der Waals surface area (Å²) in [5, 5.41) is 127. The number of carbonyl (C=O) groups excluding carboxylic acids is 7. The van der Waals surface area contributed by atoms with Crippen LogP contribution in [0.3, 0.4) is 0 Å². The Balaban J connectivity index is 1.17. The molecule has 118 heavy (non-hydrogen) atoms. The molecule has 2 saturated heterocycles. The van der Waals surface area contributed by atoms with Crippen LogP contribution in [0.5, 0.6) is 46.0 Å². The monoisotopic (exact) mass is 1710 g/mol. The molecular weight excluding hydrogens is 1610 g/mol. The van der Waals surface area contributed by atoms with E-state index in [1.54, 1.807) is 0 Å². The molecule has 0 unspecified atom stereocenters. The van der Waals surface area contributed by atoms with Crippen LogP contribution >= 0.6 is 23.2 Å². The number of aromatic hydroxyl groups is 3. The molecular formula is C78H102Cl2N12O25S. The van der Waals surface area contributed by atoms with Crippen LogP contribution in [0.15, 0.2) is 72.8 Å². The number of carbonyl (C=O) groups is 8. The number of sulfonamides is 1. The summed E-state index contributed by atoms with van der Waals surface area (Å²) in [7, 11) is -2.28. The first-order valence-electron chi connectivity index (χ1n) is 38.6. The molecule has 7 heterocycles. The third-order valence-corrected chi connectivity index (χ3v) is 23.1. The fourth-order valence-corrected chi connectivity index (χ4v) is 16.2. The number of amides is 7. The number of carboxylic acids is 1. The fraction of sp³-hybridized carbons (Fsp3) is 0.513. The molecule has 7 aliphatic rings. The van der Waals surface area contributed by atoms with E-state index in [9.17, 15) is 73.6 Å². The summed E-state index contributed by atoms with van der Waals surface area (Å²) in [6.07, 6.45) is -12.1. The molecule has 5 aromatic carbocycles. The number of nitrogens with one attached hydrogen (secondary N) is 9. The zero-order chi connectivity index (χ0) is 86.1. The van der Waals surface area contributed by atoms with Gasteiger partial charge in [0.25, 0.3) is 0 Å². The minimum absolute atomic E-state index is 0.112. The summed E-state index contributed by atoms with van der Waals surface area (Å²) in [6.45, 7) is 7.48. The van der Waals surface area contributed by atoms with Gasteiger partial charge in [-0.3, -0.25) is 33.6 Å². The Morgan fingerprint density at radius 1 is 0.712 bits per heavy atom. The maximum atomic E-state index is 16.3. The predicted octanol–water partition coefficient (Wildman–Crippen LogP) is 1.83. The molecule has 11 bridgehead atoms. The zero-order valence-corrected chi connectivity index (χ0v) is 67.7. The van der Waals surface area contributed by atoms with Crippen molar-refractivity contribution < 1.29 is 121 Å². The first-order chi connectivity index (χ1) is 55.8. The van der Waals surface area contributed by atoms with Crippen molar-refractivity contribution in [2.24, 2.45) is 23.1 Å². The molecule has 7 amide bonds. The second-order valence-electron chi connectivity index (χ2n) is 30.5. The summed E-state index contributed by atoms with van der Waals surface area (Å²) >= 11 is 14.3. The summed E-state index contributed by atoms with van der Waals surface area (Å²) in [5.41, 5.74) is 13.6. The highest BCUT2D eigenvalue weighted by molar-refractivity contribution is 7.89. The lowest BCUT2D eigenvalue weighted by Crippen LogP contribution is -2.65. The molecule has 0 saturated carbocycles. The highest BCUT2D eigenvalue weighted by Crippen LogP contribution is 2.51. The number of fused-ring (bicyclic) bond motifs is 15. The fourth-order valence-electron chi connectivity index (χ4n) is 14.6. The Bertz CT molecular complexity index is 4660. The van der Waals surface area contributed by atoms with Crippen molar-refractivity contribution in [3.8, 4) is 57.1 Å². The Kier molecular flexibility index (Phi) is 30.3. The largest absolute Gasteiger partial charge is 0.507 e. The van der Waals surface area contributed by atoms with E-state index < -0.39 is 259 Å². The number of aliphatic hydroxyl groups is 5. The maximum absolute atomic E-state index is 16.3. The van der Waals surface area contributed by atoms with Crippen LogP contribution in [0.4, 0.5) is 0 Å². The van der Waals surface area contributed by atoms with Crippen molar-refractivity contribution in [2.45, 2.75) is 215 Å². The van der Waals surface area contributed by atoms with Crippen LogP contribution in [-0.2, 0) is 69.1 Å². The quantitative estimate of drug-likeness (QED) is 0.0333. The maximum Gasteiger partial charge on any atom is 0.330 e. The summed E-state index contributed by atoms with van der Waals surface area (Å²) in [6, 6.07) is -1.76. The minimum Gasteiger partial charge on any atom is -0.507 e. The third-order valence-electron chi connectivity index (χ3n) is 21.0. The number of carboxylic acid groups (broad SMARTS) is 1. The topological polar surface area (TPSA) is 594 Å². The summed E-state index contributed by atoms with van der Waals surface area (Å²) in [4.78, 5) is 119. The van der Waals surface area contributed by atoms with Crippen LogP contribution in [0.2, 0.25) is 10.0 Å². The molecule has 0 aromatic heterocycles. The average molecular weight is 1710 g/mol. The number of phenols is 3. The van der Waals surface area contributed by atoms with Crippen molar-refractivity contribution in [3.63, 3.8) is 0 Å². The first kappa shape index (κ1) is 91.0. The predicted molar refractivity (Wildman–Crippen MR) is 423 cm³/mol. The molecule has 24 N–H and O–H groups in total. The van der Waals surface area contributed by atoms with Crippen molar-refractivity contribution in [2.75, 3.05) is 32.4 Å². The summed E-state index contributed by atoms with van der Waals surface area (Å²) < 4.78 is 67.3. The highest BCUT2D eigenvalue weighted by Gasteiger charge is 2.52. The minimum atomic E-state index is -3.75. The van der Waals surface area contributed by atoms with Crippen molar-refractivity contribution in [1.82, 2.24) is 47.3 Å². The molecule has 0 spiro atoms. The highest BCUT2D eigenvalue weighted by atomic mass is 35.5. The van der Waals surface area contributed by atoms with Gasteiger partial charge in [-0.15, -0.1) is 0 Å². The lowest BCUT2D eigenvalue weighted by atomic mass is 9.86. The van der Waals surface area contributed by atoms with Crippen LogP contribution in [-0.4, -0.2) is 213 Å². The second kappa shape index (κ2) is 39.3. The number of benzene rings is 5. The van der Waals surface area contributed by atoms with Crippen molar-refractivity contribution in [3.05, 3.63) is 116 Å². The van der Waals surface area contributed by atoms with Gasteiger partial charge in [0.05, 0.1) is 46.0 Å². The number of likely N-dealkylation sites (N-methyl/N-ethyl adjacent to an activating group) is 1. The number of unbranched alkanes of at least 4 members (excludes halogenated alkanes) is 6. The zero-order valence-electron chi connectivity index (χ0n) is 65.4. The molecule has 18 atom stereocenters. The van der Waals surface area contributed by atoms with Gasteiger partial charge in [0, 0.05) is 54.8 Å². The van der Waals surface area contributed by atoms with Gasteiger partial charge in [0.1, 0.15) is 89.5 Å². The van der Waals surface area contributed by atoms with Gasteiger partial charge < -0.3 is 134 Å². The van der Waals surface area contributed by atoms with Gasteiger partial charge in [0.15, 0.2) is 29.9 Å². The normalized spacial score (nSPS) is 27.1. The molecule has 0 aliphatic carbocycles. The smallest absolute Gasteiger partial charge is 0.330 e. The Morgan fingerprint density at radius 2 is 1.32 bits per heavy atom. The van der Waals surface area contributed by atoms with Gasteiger partial charge in [-0.2, -0.15) is 0 Å². The van der Waals surface area contributed by atoms with Crippen LogP contribution in [0, 0.1) is 5.92 Å². The molecule has 12 rings (SSSR count). The average Bonchev–Trinajstić information content (AvgIpc) is 0.758. The van der Waals surface area contributed by atoms with E-state index in [4.69, 9.17) is 68.8 Å². The van der Waals surface area contributed by atoms with E-state index >= 15 is 19.2 Å². The Morgan fingerprint density at radius 3 is 1.92 bits per heavy atom.